The van der Waals surface area contributed by atoms with Crippen molar-refractivity contribution in [2.75, 3.05) is 13.2 Å². The van der Waals surface area contributed by atoms with Crippen LogP contribution < -0.4 is 4.74 Å². The molecule has 1 aromatic heterocycles. The van der Waals surface area contributed by atoms with E-state index >= 15 is 8.78 Å². The Balaban J connectivity index is 1.94. The normalized spacial score (nSPS) is 12.2. The molecular formula is C21H21F2N2O7P. The molecule has 0 aliphatic carbocycles. The standard InChI is InChI=1S/C21H21F2N2O7P/c1-4-30-33(29,31-5-2)21(22,23)15-6-11-18-14(12-15)13-19(24(18)3)20(26)32-17-9-7-16(8-10-17)25(27)28/h6-13H,4-5H2,1-3H3. The summed E-state index contributed by atoms with van der Waals surface area (Å²) in [5, 5.41) is 11.0. The van der Waals surface area contributed by atoms with Gasteiger partial charge in [0.25, 0.3) is 5.69 Å². The molecule has 3 rings (SSSR count). The van der Waals surface area contributed by atoms with Crippen molar-refractivity contribution in [3.05, 3.63) is 69.9 Å². The number of halogens is 2. The number of nitro benzene ring substituents is 1. The first-order valence-corrected chi connectivity index (χ1v) is 11.4. The molecule has 0 saturated carbocycles. The van der Waals surface area contributed by atoms with Gasteiger partial charge in [-0.15, -0.1) is 0 Å². The lowest BCUT2D eigenvalue weighted by atomic mass is 10.1. The monoisotopic (exact) mass is 482 g/mol. The van der Waals surface area contributed by atoms with Gasteiger partial charge in [0, 0.05) is 35.6 Å². The number of carbonyl (C=O) groups is 1. The molecule has 12 heteroatoms. The molecule has 3 aromatic rings. The molecule has 1 heterocycles. The zero-order valence-corrected chi connectivity index (χ0v) is 18.9. The van der Waals surface area contributed by atoms with Crippen LogP contribution in [0.3, 0.4) is 0 Å². The highest BCUT2D eigenvalue weighted by atomic mass is 31.2. The second kappa shape index (κ2) is 9.38. The van der Waals surface area contributed by atoms with Crippen LogP contribution in [-0.2, 0) is 26.3 Å². The molecule has 0 amide bonds. The van der Waals surface area contributed by atoms with E-state index in [1.807, 2.05) is 0 Å². The Hall–Kier alpha value is -3.14. The van der Waals surface area contributed by atoms with Crippen LogP contribution in [-0.4, -0.2) is 28.7 Å². The number of non-ortho nitro benzene ring substituents is 1. The van der Waals surface area contributed by atoms with E-state index < -0.39 is 29.7 Å². The molecule has 33 heavy (non-hydrogen) atoms. The molecule has 0 spiro atoms. The number of alkyl halides is 2. The van der Waals surface area contributed by atoms with Crippen LogP contribution >= 0.6 is 7.60 Å². The molecule has 0 bridgehead atoms. The summed E-state index contributed by atoms with van der Waals surface area (Å²) >= 11 is 0. The Labute approximate surface area is 187 Å². The van der Waals surface area contributed by atoms with Crippen molar-refractivity contribution >= 4 is 30.2 Å². The van der Waals surface area contributed by atoms with Crippen LogP contribution in [0.15, 0.2) is 48.5 Å². The van der Waals surface area contributed by atoms with E-state index in [1.165, 1.54) is 54.8 Å². The number of carbonyl (C=O) groups excluding carboxylic acids is 1. The lowest BCUT2D eigenvalue weighted by molar-refractivity contribution is -0.384. The predicted octanol–water partition coefficient (Wildman–Crippen LogP) is 5.62. The fourth-order valence-corrected chi connectivity index (χ4v) is 4.76. The fourth-order valence-electron chi connectivity index (χ4n) is 3.23. The van der Waals surface area contributed by atoms with Crippen LogP contribution in [0.1, 0.15) is 29.9 Å². The number of rotatable bonds is 9. The van der Waals surface area contributed by atoms with Crippen molar-refractivity contribution in [2.24, 2.45) is 7.05 Å². The number of benzene rings is 2. The van der Waals surface area contributed by atoms with Crippen LogP contribution in [0, 0.1) is 10.1 Å². The van der Waals surface area contributed by atoms with Gasteiger partial charge in [0.15, 0.2) is 0 Å². The summed E-state index contributed by atoms with van der Waals surface area (Å²) in [7, 11) is -3.23. The van der Waals surface area contributed by atoms with Crippen LogP contribution in [0.4, 0.5) is 14.5 Å². The third kappa shape index (κ3) is 4.66. The summed E-state index contributed by atoms with van der Waals surface area (Å²) in [6, 6.07) is 9.85. The summed E-state index contributed by atoms with van der Waals surface area (Å²) < 4.78 is 59.2. The van der Waals surface area contributed by atoms with Gasteiger partial charge in [-0.25, -0.2) is 4.79 Å². The predicted molar refractivity (Wildman–Crippen MR) is 116 cm³/mol. The minimum atomic E-state index is -4.78. The minimum Gasteiger partial charge on any atom is -0.422 e. The van der Waals surface area contributed by atoms with E-state index in [0.29, 0.717) is 5.52 Å². The summed E-state index contributed by atoms with van der Waals surface area (Å²) in [6.07, 6.45) is 0. The summed E-state index contributed by atoms with van der Waals surface area (Å²) in [4.78, 5) is 22.8. The first kappa shape index (κ1) is 24.5. The number of ether oxygens (including phenoxy) is 1. The molecular weight excluding hydrogens is 461 g/mol. The van der Waals surface area contributed by atoms with Crippen LogP contribution in [0.5, 0.6) is 5.75 Å². The van der Waals surface area contributed by atoms with Gasteiger partial charge in [-0.05, 0) is 44.2 Å². The van der Waals surface area contributed by atoms with Crippen molar-refractivity contribution in [3.8, 4) is 5.75 Å². The number of hydrogen-bond acceptors (Lipinski definition) is 7. The lowest BCUT2D eigenvalue weighted by Gasteiger charge is -2.26. The highest BCUT2D eigenvalue weighted by Gasteiger charge is 2.54. The quantitative estimate of drug-likeness (QED) is 0.128. The minimum absolute atomic E-state index is 0.0571. The summed E-state index contributed by atoms with van der Waals surface area (Å²) in [5.74, 6) is -0.706. The second-order valence-corrected chi connectivity index (χ2v) is 8.95. The van der Waals surface area contributed by atoms with E-state index in [-0.39, 0.29) is 35.7 Å². The number of nitrogens with zero attached hydrogens (tertiary/aromatic N) is 2. The third-order valence-corrected chi connectivity index (χ3v) is 6.94. The van der Waals surface area contributed by atoms with E-state index in [9.17, 15) is 19.5 Å². The van der Waals surface area contributed by atoms with E-state index in [4.69, 9.17) is 13.8 Å². The molecule has 176 valence electrons. The van der Waals surface area contributed by atoms with E-state index in [2.05, 4.69) is 0 Å². The van der Waals surface area contributed by atoms with Crippen LogP contribution in [0.25, 0.3) is 10.9 Å². The number of hydrogen-bond donors (Lipinski definition) is 0. The van der Waals surface area contributed by atoms with Gasteiger partial charge in [-0.3, -0.25) is 14.7 Å². The summed E-state index contributed by atoms with van der Waals surface area (Å²) in [5.41, 5.74) is -4.15. The van der Waals surface area contributed by atoms with Crippen molar-refractivity contribution < 1.29 is 36.8 Å². The van der Waals surface area contributed by atoms with Gasteiger partial charge in [0.2, 0.25) is 0 Å². The van der Waals surface area contributed by atoms with E-state index in [0.717, 1.165) is 12.1 Å². The first-order valence-electron chi connectivity index (χ1n) is 9.87. The Bertz CT molecular complexity index is 1230. The number of fused-ring (bicyclic) bond motifs is 1. The second-order valence-electron chi connectivity index (χ2n) is 6.88. The van der Waals surface area contributed by atoms with Gasteiger partial charge < -0.3 is 18.4 Å². The number of esters is 1. The highest BCUT2D eigenvalue weighted by molar-refractivity contribution is 7.54. The largest absolute Gasteiger partial charge is 0.422 e. The van der Waals surface area contributed by atoms with E-state index in [1.54, 1.807) is 7.05 Å². The Morgan fingerprint density at radius 1 is 1.09 bits per heavy atom. The molecule has 0 radical (unpaired) electrons. The number of aromatic nitrogens is 1. The molecule has 0 atom stereocenters. The van der Waals surface area contributed by atoms with Gasteiger partial charge in [0.1, 0.15) is 11.4 Å². The maximum Gasteiger partial charge on any atom is 0.404 e. The van der Waals surface area contributed by atoms with Crippen molar-refractivity contribution in [3.63, 3.8) is 0 Å². The topological polar surface area (TPSA) is 110 Å². The molecule has 0 aliphatic rings. The van der Waals surface area contributed by atoms with Gasteiger partial charge in [-0.2, -0.15) is 8.78 Å². The Morgan fingerprint density at radius 2 is 1.70 bits per heavy atom. The smallest absolute Gasteiger partial charge is 0.404 e. The van der Waals surface area contributed by atoms with Gasteiger partial charge >= 0.3 is 19.2 Å². The number of nitro groups is 1. The SMILES string of the molecule is CCOP(=O)(OCC)C(F)(F)c1ccc2c(c1)cc(C(=O)Oc1ccc([N+](=O)[O-])cc1)n2C. The van der Waals surface area contributed by atoms with Crippen molar-refractivity contribution in [2.45, 2.75) is 19.5 Å². The maximum absolute atomic E-state index is 15.1. The van der Waals surface area contributed by atoms with Crippen molar-refractivity contribution in [1.82, 2.24) is 4.57 Å². The average molecular weight is 482 g/mol. The molecule has 9 nitrogen and oxygen atoms in total. The zero-order chi connectivity index (χ0) is 24.4. The molecule has 0 unspecified atom stereocenters. The third-order valence-electron chi connectivity index (χ3n) is 4.80. The summed E-state index contributed by atoms with van der Waals surface area (Å²) in [6.45, 7) is 2.42. The lowest BCUT2D eigenvalue weighted by Crippen LogP contribution is -2.18. The fraction of sp³-hybridized carbons (Fsp3) is 0.286. The molecule has 0 aliphatic heterocycles. The molecule has 0 N–H and O–H groups in total. The van der Waals surface area contributed by atoms with Crippen LogP contribution in [0.2, 0.25) is 0 Å². The maximum atomic E-state index is 15.1. The van der Waals surface area contributed by atoms with Gasteiger partial charge in [-0.1, -0.05) is 6.07 Å². The molecule has 2 aromatic carbocycles. The molecule has 0 fully saturated rings. The molecule has 0 saturated heterocycles. The Kier molecular flexibility index (Phi) is 6.97. The number of aryl methyl sites for hydroxylation is 1. The zero-order valence-electron chi connectivity index (χ0n) is 18.0. The van der Waals surface area contributed by atoms with Crippen molar-refractivity contribution in [1.29, 1.82) is 0 Å². The van der Waals surface area contributed by atoms with Gasteiger partial charge in [0.05, 0.1) is 18.1 Å². The Morgan fingerprint density at radius 3 is 2.24 bits per heavy atom. The first-order chi connectivity index (χ1) is 15.5. The average Bonchev–Trinajstić information content (AvgIpc) is 3.10. The highest BCUT2D eigenvalue weighted by Crippen LogP contribution is 2.66.